The molecule has 7 heterocycles. The lowest BCUT2D eigenvalue weighted by Gasteiger charge is -2.46. The zero-order chi connectivity index (χ0) is 77.6. The Bertz CT molecular complexity index is 3600. The Hall–Kier alpha value is -8.76. The molecule has 6 bridgehead atoms. The molecule has 2 aliphatic carbocycles. The van der Waals surface area contributed by atoms with Crippen LogP contribution in [0.2, 0.25) is 0 Å². The zero-order valence-electron chi connectivity index (χ0n) is 63.2. The molecule has 1 unspecified atom stereocenters. The van der Waals surface area contributed by atoms with Crippen molar-refractivity contribution >= 4 is 77.0 Å². The van der Waals surface area contributed by atoms with E-state index in [2.05, 4.69) is 16.0 Å². The summed E-state index contributed by atoms with van der Waals surface area (Å²) in [7, 11) is 9.94. The summed E-state index contributed by atoms with van der Waals surface area (Å²) in [5.41, 5.74) is -1.77. The van der Waals surface area contributed by atoms with Crippen molar-refractivity contribution in [3.8, 4) is 0 Å². The largest absolute Gasteiger partial charge is 0.419 e. The normalized spacial score (nSPS) is 27.2. The molecule has 11 rings (SSSR count). The molecule has 2 saturated heterocycles. The molecule has 3 N–H and O–H groups in total. The first-order chi connectivity index (χ1) is 50.2. The molecule has 9 aliphatic rings. The summed E-state index contributed by atoms with van der Waals surface area (Å²) in [6, 6.07) is -1.23. The molecule has 25 nitrogen and oxygen atoms in total. The number of rotatable bonds is 10. The van der Waals surface area contributed by atoms with Crippen molar-refractivity contribution in [1.82, 2.24) is 60.0 Å². The fourth-order valence-electron chi connectivity index (χ4n) is 15.4. The average Bonchev–Trinajstić information content (AvgIpc) is 1.22. The second kappa shape index (κ2) is 36.7. The van der Waals surface area contributed by atoms with E-state index in [4.69, 9.17) is 4.74 Å². The second-order valence-corrected chi connectivity index (χ2v) is 29.6. The summed E-state index contributed by atoms with van der Waals surface area (Å²) >= 11 is 0. The van der Waals surface area contributed by atoms with Crippen LogP contribution >= 0.6 is 0 Å². The predicted molar refractivity (Wildman–Crippen MR) is 386 cm³/mol. The number of halogens is 4. The molecular formula is C77H108F4N12O13. The first-order valence-corrected chi connectivity index (χ1v) is 37.5. The Morgan fingerprint density at radius 1 is 0.670 bits per heavy atom. The zero-order valence-corrected chi connectivity index (χ0v) is 63.2. The van der Waals surface area contributed by atoms with Gasteiger partial charge in [-0.15, -0.1) is 0 Å². The molecule has 12 amide bonds. The predicted octanol–water partition coefficient (Wildman–Crippen LogP) is 5.51. The first kappa shape index (κ1) is 82.9. The van der Waals surface area contributed by atoms with Crippen molar-refractivity contribution < 1.29 is 79.8 Å². The number of benzene rings is 2. The maximum Gasteiger partial charge on any atom is 0.419 e. The minimum Gasteiger partial charge on any atom is -0.377 e. The lowest BCUT2D eigenvalue weighted by Crippen LogP contribution is -2.68. The van der Waals surface area contributed by atoms with Gasteiger partial charge in [0.05, 0.1) is 31.2 Å². The molecule has 10 atom stereocenters. The number of alkyl halides is 3. The van der Waals surface area contributed by atoms with Crippen molar-refractivity contribution in [2.24, 2.45) is 11.8 Å². The molecule has 4 fully saturated rings. The maximum absolute atomic E-state index is 15.7. The van der Waals surface area contributed by atoms with E-state index in [9.17, 15) is 32.3 Å². The molecule has 29 heteroatoms. The van der Waals surface area contributed by atoms with Crippen molar-refractivity contribution in [1.29, 1.82) is 0 Å². The fraction of sp³-hybridized carbons (Fsp3) is 0.636. The third-order valence-corrected chi connectivity index (χ3v) is 22.5. The van der Waals surface area contributed by atoms with Gasteiger partial charge < -0.3 is 64.8 Å². The number of carbonyl (C=O) groups is 12. The van der Waals surface area contributed by atoms with Crippen molar-refractivity contribution in [3.05, 3.63) is 88.8 Å². The van der Waals surface area contributed by atoms with Gasteiger partial charge >= 0.3 is 6.18 Å². The third kappa shape index (κ3) is 19.7. The number of aryl methyl sites for hydroxylation is 1. The van der Waals surface area contributed by atoms with Gasteiger partial charge in [0.1, 0.15) is 59.7 Å². The number of carbonyl (C=O) groups excluding carboxylic acids is 12. The number of nitrogens with zero attached hydrogens (tertiary/aromatic N) is 9. The quantitative estimate of drug-likeness (QED) is 0.196. The Labute approximate surface area is 619 Å². The highest BCUT2D eigenvalue weighted by Crippen LogP contribution is 2.39. The number of amides is 12. The van der Waals surface area contributed by atoms with Crippen LogP contribution in [0, 0.1) is 17.7 Å². The Kier molecular flexibility index (Phi) is 28.7. The van der Waals surface area contributed by atoms with Gasteiger partial charge in [-0.1, -0.05) is 94.2 Å². The van der Waals surface area contributed by atoms with Crippen molar-refractivity contribution in [2.45, 2.75) is 216 Å². The molecule has 582 valence electrons. The van der Waals surface area contributed by atoms with Gasteiger partial charge in [0.2, 0.25) is 70.9 Å². The first-order valence-electron chi connectivity index (χ1n) is 37.5. The van der Waals surface area contributed by atoms with Crippen molar-refractivity contribution in [2.75, 3.05) is 88.7 Å². The van der Waals surface area contributed by atoms with Crippen LogP contribution in [0.4, 0.5) is 17.6 Å². The van der Waals surface area contributed by atoms with Gasteiger partial charge in [-0.3, -0.25) is 57.5 Å². The van der Waals surface area contributed by atoms with E-state index in [-0.39, 0.29) is 89.6 Å². The fourth-order valence-corrected chi connectivity index (χ4v) is 15.4. The van der Waals surface area contributed by atoms with Gasteiger partial charge in [0.25, 0.3) is 0 Å². The van der Waals surface area contributed by atoms with E-state index in [1.807, 2.05) is 37.3 Å². The Morgan fingerprint density at radius 2 is 1.34 bits per heavy atom. The summed E-state index contributed by atoms with van der Waals surface area (Å²) in [5.74, 6) is -11.1. The standard InChI is InChI=1S/C77H108F4N12O13/c1-12-48(4)65-73(103)87(7)47-64(96)89(9)58-29-20-17-23-40-92(72(58)102)61-42-51-32-30-49(31-33-51)25-18-15-16-19-28-57(67(97)83-65)88(8)63(95)44-60(70(100)85(5)13-2)90(10)74(104)66(52-26-21-22-27-52)91(11)75(105)76(38-24-39-76)84-68(98)59-43-53(106-14-3)45-93(59)69(99)56(82-62(94)46-86(6)71(61)101)37-35-50-34-36-54(55(78)41-50)77(79,80)81/h17-18,20,25,30-34,36,41,48,52-53,56-61,65-66H,12-16,19,21-24,26-29,35,37-40,42-47H2,1-11H3,(H,82,94)(H,83,97)(H,84,98)/b20-17-,25-18+/t48-,53+,56-,57-,58-,59-,60-,61-,65-,66?/m0/s1. The summed E-state index contributed by atoms with van der Waals surface area (Å²) in [4.78, 5) is 194. The number of hydrogen-bond donors (Lipinski definition) is 3. The van der Waals surface area contributed by atoms with E-state index in [0.717, 1.165) is 21.4 Å². The summed E-state index contributed by atoms with van der Waals surface area (Å²) in [5, 5.41) is 8.64. The van der Waals surface area contributed by atoms with Gasteiger partial charge in [0, 0.05) is 88.4 Å². The SMILES string of the molecule is CCO[C@@H]1C[C@H]2C(=O)NC3(CCC3)C(=O)N(C)C(C3CCCC3)C(=O)N(C)[C@H](C(=O)N(C)CC)CC(=O)N(C)[C@H]3CCCC/C=C/c4ccc(cc4)C[C@@H](C(=O)N(C)CC(=O)N[C@@H](CCc4ccc(C(F)(F)F)c(F)c4)C(=O)N2C1)N1CC/C=C\C[C@@H](C1=O)N(C)C(=O)CN(C)C(=O)[C@H]([C@@H](C)CC)NC3=O. The van der Waals surface area contributed by atoms with Crippen LogP contribution in [0.3, 0.4) is 0 Å². The van der Waals surface area contributed by atoms with Gasteiger partial charge in [-0.05, 0) is 132 Å². The topological polar surface area (TPSA) is 279 Å². The Balaban J connectivity index is 1.27. The van der Waals surface area contributed by atoms with Crippen LogP contribution in [-0.2, 0) is 81.3 Å². The van der Waals surface area contributed by atoms with Gasteiger partial charge in [-0.25, -0.2) is 4.39 Å². The van der Waals surface area contributed by atoms with Crippen LogP contribution < -0.4 is 16.0 Å². The van der Waals surface area contributed by atoms with E-state index >= 15 is 42.7 Å². The Morgan fingerprint density at radius 3 is 1.97 bits per heavy atom. The van der Waals surface area contributed by atoms with Gasteiger partial charge in [-0.2, -0.15) is 13.2 Å². The van der Waals surface area contributed by atoms with Crippen LogP contribution in [0.25, 0.3) is 6.08 Å². The van der Waals surface area contributed by atoms with E-state index in [1.165, 1.54) is 83.6 Å². The number of hydrogen-bond acceptors (Lipinski definition) is 13. The number of likely N-dealkylation sites (N-methyl/N-ethyl adjacent to an activating group) is 7. The lowest BCUT2D eigenvalue weighted by molar-refractivity contribution is -0.158. The van der Waals surface area contributed by atoms with E-state index in [0.29, 0.717) is 75.5 Å². The summed E-state index contributed by atoms with van der Waals surface area (Å²) < 4.78 is 62.8. The molecule has 106 heavy (non-hydrogen) atoms. The molecule has 1 spiro atoms. The maximum atomic E-state index is 15.7. The third-order valence-electron chi connectivity index (χ3n) is 22.5. The molecule has 2 saturated carbocycles. The molecular weight excluding hydrogens is 1380 g/mol. The second-order valence-electron chi connectivity index (χ2n) is 29.6. The highest BCUT2D eigenvalue weighted by molar-refractivity contribution is 6.01. The number of allylic oxidation sites excluding steroid dienone is 1. The highest BCUT2D eigenvalue weighted by atomic mass is 19.4. The minimum absolute atomic E-state index is 0.0118. The van der Waals surface area contributed by atoms with Crippen LogP contribution in [0.1, 0.15) is 159 Å². The smallest absolute Gasteiger partial charge is 0.377 e. The molecule has 7 aliphatic heterocycles. The van der Waals surface area contributed by atoms with E-state index < -0.39 is 180 Å². The summed E-state index contributed by atoms with van der Waals surface area (Å²) in [6.45, 7) is 5.76. The molecule has 2 aromatic carbocycles. The highest BCUT2D eigenvalue weighted by Gasteiger charge is 2.54. The molecule has 0 aromatic heterocycles. The monoisotopic (exact) mass is 1480 g/mol. The molecule has 2 aromatic rings. The lowest BCUT2D eigenvalue weighted by atomic mass is 9.74. The van der Waals surface area contributed by atoms with Crippen molar-refractivity contribution in [3.63, 3.8) is 0 Å². The van der Waals surface area contributed by atoms with Crippen LogP contribution in [0.5, 0.6) is 0 Å². The number of ether oxygens (including phenoxy) is 1. The number of nitrogens with one attached hydrogen (secondary N) is 3. The van der Waals surface area contributed by atoms with E-state index in [1.54, 1.807) is 39.0 Å². The van der Waals surface area contributed by atoms with Gasteiger partial charge in [0.15, 0.2) is 0 Å². The minimum atomic E-state index is -5.03. The molecule has 0 radical (unpaired) electrons. The average molecular weight is 1490 g/mol. The summed E-state index contributed by atoms with van der Waals surface area (Å²) in [6.07, 6.45) is 5.37. The van der Waals surface area contributed by atoms with Crippen LogP contribution in [-0.4, -0.2) is 264 Å². The van der Waals surface area contributed by atoms with Crippen LogP contribution in [0.15, 0.2) is 60.7 Å².